The Kier molecular flexibility index (Phi) is 5.66. The Hall–Kier alpha value is -2.40. The number of methoxy groups -OCH3 is 1. The molecule has 0 unspecified atom stereocenters. The molecule has 1 heterocycles. The van der Waals surface area contributed by atoms with Crippen molar-refractivity contribution in [1.82, 2.24) is 10.2 Å². The smallest absolute Gasteiger partial charge is 0.317 e. The zero-order valence-corrected chi connectivity index (χ0v) is 15.0. The third kappa shape index (κ3) is 4.57. The number of nitrogens with one attached hydrogen (secondary N) is 1. The predicted octanol–water partition coefficient (Wildman–Crippen LogP) is 3.38. The summed E-state index contributed by atoms with van der Waals surface area (Å²) >= 11 is 5.87. The number of rotatable bonds is 4. The van der Waals surface area contributed by atoms with E-state index >= 15 is 0 Å². The summed E-state index contributed by atoms with van der Waals surface area (Å²) in [6.45, 7) is 3.52. The van der Waals surface area contributed by atoms with E-state index in [2.05, 4.69) is 16.3 Å². The minimum atomic E-state index is -0.0276. The van der Waals surface area contributed by atoms with Gasteiger partial charge in [0, 0.05) is 49.5 Å². The van der Waals surface area contributed by atoms with E-state index < -0.39 is 0 Å². The molecule has 0 aromatic heterocycles. The Morgan fingerprint density at radius 3 is 2.52 bits per heavy atom. The molecule has 0 radical (unpaired) electrons. The number of halogens is 1. The van der Waals surface area contributed by atoms with Gasteiger partial charge >= 0.3 is 6.03 Å². The topological polar surface area (TPSA) is 44.8 Å². The molecule has 2 aromatic carbocycles. The molecule has 1 aliphatic rings. The first-order valence-corrected chi connectivity index (χ1v) is 8.70. The van der Waals surface area contributed by atoms with Gasteiger partial charge in [0.1, 0.15) is 5.75 Å². The van der Waals surface area contributed by atoms with Crippen LogP contribution in [0.4, 0.5) is 10.5 Å². The Morgan fingerprint density at radius 1 is 1.12 bits per heavy atom. The Bertz CT molecular complexity index is 713. The minimum absolute atomic E-state index is 0.0276. The highest BCUT2D eigenvalue weighted by Gasteiger charge is 2.21. The molecule has 2 amide bonds. The van der Waals surface area contributed by atoms with Crippen LogP contribution in [0.15, 0.2) is 48.5 Å². The van der Waals surface area contributed by atoms with Crippen LogP contribution in [0.3, 0.4) is 0 Å². The van der Waals surface area contributed by atoms with Crippen LogP contribution in [0, 0.1) is 0 Å². The number of ether oxygens (including phenoxy) is 1. The first-order chi connectivity index (χ1) is 12.2. The van der Waals surface area contributed by atoms with Crippen molar-refractivity contribution in [2.24, 2.45) is 0 Å². The van der Waals surface area contributed by atoms with Crippen LogP contribution in [-0.4, -0.2) is 44.2 Å². The molecule has 3 rings (SSSR count). The van der Waals surface area contributed by atoms with E-state index in [1.807, 2.05) is 47.4 Å². The summed E-state index contributed by atoms with van der Waals surface area (Å²) in [6, 6.07) is 15.5. The Balaban J connectivity index is 1.49. The fraction of sp³-hybridized carbons (Fsp3) is 0.316. The van der Waals surface area contributed by atoms with Crippen LogP contribution in [0.5, 0.6) is 5.75 Å². The highest BCUT2D eigenvalue weighted by molar-refractivity contribution is 6.30. The molecule has 1 saturated heterocycles. The summed E-state index contributed by atoms with van der Waals surface area (Å²) < 4.78 is 5.28. The van der Waals surface area contributed by atoms with E-state index in [0.29, 0.717) is 24.7 Å². The third-order valence-corrected chi connectivity index (χ3v) is 4.59. The van der Waals surface area contributed by atoms with Crippen molar-refractivity contribution in [2.45, 2.75) is 6.54 Å². The van der Waals surface area contributed by atoms with Gasteiger partial charge in [0.25, 0.3) is 0 Å². The molecule has 25 heavy (non-hydrogen) atoms. The van der Waals surface area contributed by atoms with Crippen LogP contribution in [-0.2, 0) is 6.54 Å². The van der Waals surface area contributed by atoms with Gasteiger partial charge in [0.2, 0.25) is 0 Å². The van der Waals surface area contributed by atoms with Crippen LogP contribution in [0.25, 0.3) is 0 Å². The zero-order valence-electron chi connectivity index (χ0n) is 14.2. The van der Waals surface area contributed by atoms with Crippen LogP contribution in [0.1, 0.15) is 5.56 Å². The Labute approximate surface area is 153 Å². The van der Waals surface area contributed by atoms with Crippen LogP contribution in [0.2, 0.25) is 5.02 Å². The van der Waals surface area contributed by atoms with Gasteiger partial charge in [-0.1, -0.05) is 29.8 Å². The van der Waals surface area contributed by atoms with Gasteiger partial charge in [0.15, 0.2) is 0 Å². The average molecular weight is 360 g/mol. The van der Waals surface area contributed by atoms with Crippen molar-refractivity contribution < 1.29 is 9.53 Å². The lowest BCUT2D eigenvalue weighted by Gasteiger charge is -2.36. The van der Waals surface area contributed by atoms with Crippen molar-refractivity contribution >= 4 is 23.3 Å². The number of hydrogen-bond acceptors (Lipinski definition) is 3. The van der Waals surface area contributed by atoms with Gasteiger partial charge in [0.05, 0.1) is 7.11 Å². The summed E-state index contributed by atoms with van der Waals surface area (Å²) in [5.41, 5.74) is 2.16. The number of nitrogens with zero attached hydrogens (tertiary/aromatic N) is 2. The maximum absolute atomic E-state index is 12.3. The number of hydrogen-bond donors (Lipinski definition) is 1. The molecule has 6 heteroatoms. The molecule has 0 bridgehead atoms. The van der Waals surface area contributed by atoms with E-state index in [0.717, 1.165) is 30.1 Å². The van der Waals surface area contributed by atoms with Crippen LogP contribution < -0.4 is 15.0 Å². The van der Waals surface area contributed by atoms with Gasteiger partial charge < -0.3 is 19.9 Å². The monoisotopic (exact) mass is 359 g/mol. The van der Waals surface area contributed by atoms with Gasteiger partial charge in [-0.3, -0.25) is 0 Å². The first-order valence-electron chi connectivity index (χ1n) is 8.32. The lowest BCUT2D eigenvalue weighted by atomic mass is 10.2. The molecule has 0 spiro atoms. The zero-order chi connectivity index (χ0) is 17.6. The number of benzene rings is 2. The average Bonchev–Trinajstić information content (AvgIpc) is 2.67. The lowest BCUT2D eigenvalue weighted by Crippen LogP contribution is -2.51. The number of anilines is 1. The second kappa shape index (κ2) is 8.12. The summed E-state index contributed by atoms with van der Waals surface area (Å²) in [4.78, 5) is 16.5. The maximum Gasteiger partial charge on any atom is 0.317 e. The van der Waals surface area contributed by atoms with Crippen molar-refractivity contribution in [2.75, 3.05) is 38.2 Å². The third-order valence-electron chi connectivity index (χ3n) is 4.34. The number of piperazine rings is 1. The van der Waals surface area contributed by atoms with Crippen molar-refractivity contribution in [1.29, 1.82) is 0 Å². The molecule has 0 saturated carbocycles. The largest absolute Gasteiger partial charge is 0.497 e. The molecule has 1 fully saturated rings. The number of urea groups is 1. The van der Waals surface area contributed by atoms with E-state index in [1.54, 1.807) is 7.11 Å². The highest BCUT2D eigenvalue weighted by atomic mass is 35.5. The number of carbonyl (C=O) groups is 1. The molecule has 5 nitrogen and oxygen atoms in total. The molecule has 2 aromatic rings. The summed E-state index contributed by atoms with van der Waals surface area (Å²) in [5, 5.41) is 3.66. The van der Waals surface area contributed by atoms with E-state index in [1.165, 1.54) is 0 Å². The molecule has 0 atom stereocenters. The minimum Gasteiger partial charge on any atom is -0.497 e. The molecule has 1 N–H and O–H groups in total. The molecule has 132 valence electrons. The summed E-state index contributed by atoms with van der Waals surface area (Å²) in [5.74, 6) is 0.848. The van der Waals surface area contributed by atoms with Gasteiger partial charge in [-0.2, -0.15) is 0 Å². The van der Waals surface area contributed by atoms with E-state index in [4.69, 9.17) is 16.3 Å². The van der Waals surface area contributed by atoms with E-state index in [-0.39, 0.29) is 6.03 Å². The summed E-state index contributed by atoms with van der Waals surface area (Å²) in [6.07, 6.45) is 0. The van der Waals surface area contributed by atoms with Crippen molar-refractivity contribution in [3.63, 3.8) is 0 Å². The molecule has 0 aliphatic carbocycles. The van der Waals surface area contributed by atoms with Crippen LogP contribution >= 0.6 is 11.6 Å². The normalized spacial score (nSPS) is 14.3. The Morgan fingerprint density at radius 2 is 1.84 bits per heavy atom. The second-order valence-electron chi connectivity index (χ2n) is 5.96. The molecular weight excluding hydrogens is 338 g/mol. The fourth-order valence-electron chi connectivity index (χ4n) is 2.87. The van der Waals surface area contributed by atoms with Gasteiger partial charge in [-0.25, -0.2) is 4.79 Å². The SMILES string of the molecule is COc1cccc(N2CCN(C(=O)NCc3ccc(Cl)cc3)CC2)c1. The summed E-state index contributed by atoms with van der Waals surface area (Å²) in [7, 11) is 1.67. The maximum atomic E-state index is 12.3. The predicted molar refractivity (Wildman–Crippen MR) is 100 cm³/mol. The fourth-order valence-corrected chi connectivity index (χ4v) is 2.99. The van der Waals surface area contributed by atoms with Crippen molar-refractivity contribution in [3.8, 4) is 5.75 Å². The van der Waals surface area contributed by atoms with Gasteiger partial charge in [-0.05, 0) is 29.8 Å². The highest BCUT2D eigenvalue weighted by Crippen LogP contribution is 2.22. The lowest BCUT2D eigenvalue weighted by molar-refractivity contribution is 0.194. The number of amides is 2. The first kappa shape index (κ1) is 17.4. The van der Waals surface area contributed by atoms with Gasteiger partial charge in [-0.15, -0.1) is 0 Å². The standard InChI is InChI=1S/C19H22ClN3O2/c1-25-18-4-2-3-17(13-18)22-9-11-23(12-10-22)19(24)21-14-15-5-7-16(20)8-6-15/h2-8,13H,9-12,14H2,1H3,(H,21,24). The number of carbonyl (C=O) groups excluding carboxylic acids is 1. The molecular formula is C19H22ClN3O2. The van der Waals surface area contributed by atoms with Crippen molar-refractivity contribution in [3.05, 3.63) is 59.1 Å². The quantitative estimate of drug-likeness (QED) is 0.910. The second-order valence-corrected chi connectivity index (χ2v) is 6.40. The van der Waals surface area contributed by atoms with E-state index in [9.17, 15) is 4.79 Å². The molecule has 1 aliphatic heterocycles.